The highest BCUT2D eigenvalue weighted by atomic mass is 19.2. The topological polar surface area (TPSA) is 73.0 Å². The van der Waals surface area contributed by atoms with Gasteiger partial charge in [0.2, 0.25) is 0 Å². The largest absolute Gasteiger partial charge is 0.493 e. The van der Waals surface area contributed by atoms with Gasteiger partial charge in [-0.25, -0.2) is 23.1 Å². The molecule has 4 rings (SSSR count). The number of nitriles is 1. The van der Waals surface area contributed by atoms with E-state index in [1.54, 1.807) is 31.4 Å². The number of rotatable bonds is 9. The standard InChI is InChI=1S/C27H23F3N4O2/c1-3-4-5-13-36-27-18(7-6-8-21(27)35-2)10-12-23-33-26-20(14-19(28)24(29)25(26)30)34(23)22-11-9-17(15-31)16-32-22/h6-12,14,16H,3-5,13H2,1-2H3. The van der Waals surface area contributed by atoms with Crippen molar-refractivity contribution in [2.45, 2.75) is 26.2 Å². The number of hydrogen-bond donors (Lipinski definition) is 0. The van der Waals surface area contributed by atoms with Crippen LogP contribution >= 0.6 is 0 Å². The summed E-state index contributed by atoms with van der Waals surface area (Å²) in [6.07, 6.45) is 7.57. The number of pyridine rings is 1. The van der Waals surface area contributed by atoms with E-state index >= 15 is 0 Å². The second-order valence-electron chi connectivity index (χ2n) is 7.94. The van der Waals surface area contributed by atoms with Gasteiger partial charge in [-0.3, -0.25) is 4.57 Å². The number of ether oxygens (including phenoxy) is 2. The van der Waals surface area contributed by atoms with E-state index < -0.39 is 17.5 Å². The number of methoxy groups -OCH3 is 1. The van der Waals surface area contributed by atoms with E-state index in [2.05, 4.69) is 16.9 Å². The van der Waals surface area contributed by atoms with Gasteiger partial charge < -0.3 is 9.47 Å². The lowest BCUT2D eigenvalue weighted by Crippen LogP contribution is -2.02. The number of hydrogen-bond acceptors (Lipinski definition) is 5. The maximum absolute atomic E-state index is 14.6. The minimum atomic E-state index is -1.61. The van der Waals surface area contributed by atoms with Gasteiger partial charge in [0, 0.05) is 17.8 Å². The second-order valence-corrected chi connectivity index (χ2v) is 7.94. The van der Waals surface area contributed by atoms with Crippen LogP contribution in [0.15, 0.2) is 42.6 Å². The highest BCUT2D eigenvalue weighted by Gasteiger charge is 2.21. The van der Waals surface area contributed by atoms with E-state index in [1.165, 1.54) is 22.9 Å². The van der Waals surface area contributed by atoms with E-state index in [9.17, 15) is 13.2 Å². The Balaban J connectivity index is 1.83. The SMILES string of the molecule is CCCCCOc1c(C=Cc2nc3c(F)c(F)c(F)cc3n2-c2ccc(C#N)cn2)cccc1OC. The summed E-state index contributed by atoms with van der Waals surface area (Å²) in [5.74, 6) is -2.84. The second kappa shape index (κ2) is 11.0. The molecule has 2 heterocycles. The lowest BCUT2D eigenvalue weighted by Gasteiger charge is -2.13. The van der Waals surface area contributed by atoms with Gasteiger partial charge >= 0.3 is 0 Å². The number of halogens is 3. The molecule has 0 saturated heterocycles. The normalized spacial score (nSPS) is 11.2. The summed E-state index contributed by atoms with van der Waals surface area (Å²) in [4.78, 5) is 8.45. The third-order valence-corrected chi connectivity index (χ3v) is 5.55. The Morgan fingerprint density at radius 3 is 2.61 bits per heavy atom. The summed E-state index contributed by atoms with van der Waals surface area (Å²) in [7, 11) is 1.55. The molecule has 0 radical (unpaired) electrons. The van der Waals surface area contributed by atoms with Crippen LogP contribution in [0.25, 0.3) is 29.0 Å². The minimum Gasteiger partial charge on any atom is -0.493 e. The summed E-state index contributed by atoms with van der Waals surface area (Å²) in [5, 5.41) is 9.08. The van der Waals surface area contributed by atoms with Crippen molar-refractivity contribution in [3.8, 4) is 23.4 Å². The molecule has 0 N–H and O–H groups in total. The highest BCUT2D eigenvalue weighted by molar-refractivity contribution is 5.83. The van der Waals surface area contributed by atoms with Crippen LogP contribution in [-0.2, 0) is 0 Å². The van der Waals surface area contributed by atoms with E-state index in [0.29, 0.717) is 29.2 Å². The lowest BCUT2D eigenvalue weighted by atomic mass is 10.1. The predicted molar refractivity (Wildman–Crippen MR) is 130 cm³/mol. The Kier molecular flexibility index (Phi) is 7.54. The number of nitrogens with zero attached hydrogens (tertiary/aromatic N) is 4. The van der Waals surface area contributed by atoms with Crippen molar-refractivity contribution in [3.63, 3.8) is 0 Å². The Labute approximate surface area is 206 Å². The Morgan fingerprint density at radius 2 is 1.92 bits per heavy atom. The number of imidazole rings is 1. The Bertz CT molecular complexity index is 1460. The van der Waals surface area contributed by atoms with Crippen LogP contribution in [0, 0.1) is 28.8 Å². The number of para-hydroxylation sites is 1. The molecule has 0 bridgehead atoms. The molecular weight excluding hydrogens is 469 g/mol. The monoisotopic (exact) mass is 492 g/mol. The number of benzene rings is 2. The van der Waals surface area contributed by atoms with Crippen molar-refractivity contribution < 1.29 is 22.6 Å². The third kappa shape index (κ3) is 4.89. The summed E-state index contributed by atoms with van der Waals surface area (Å²) in [6.45, 7) is 2.61. The van der Waals surface area contributed by atoms with Gasteiger partial charge in [0.15, 0.2) is 29.0 Å². The fourth-order valence-corrected chi connectivity index (χ4v) is 3.74. The number of fused-ring (bicyclic) bond motifs is 1. The van der Waals surface area contributed by atoms with Crippen LogP contribution in [-0.4, -0.2) is 28.3 Å². The van der Waals surface area contributed by atoms with Crippen molar-refractivity contribution >= 4 is 23.2 Å². The van der Waals surface area contributed by atoms with E-state index in [-0.39, 0.29) is 22.7 Å². The van der Waals surface area contributed by atoms with Gasteiger partial charge in [0.05, 0.1) is 24.8 Å². The molecular formula is C27H23F3N4O2. The molecule has 0 unspecified atom stereocenters. The summed E-state index contributed by atoms with van der Waals surface area (Å²) in [5.41, 5.74) is 0.631. The Hall–Kier alpha value is -4.32. The van der Waals surface area contributed by atoms with Gasteiger partial charge in [-0.1, -0.05) is 31.9 Å². The van der Waals surface area contributed by atoms with Crippen molar-refractivity contribution in [1.82, 2.24) is 14.5 Å². The van der Waals surface area contributed by atoms with Gasteiger partial charge in [0.25, 0.3) is 0 Å². The van der Waals surface area contributed by atoms with Crippen molar-refractivity contribution in [2.24, 2.45) is 0 Å². The van der Waals surface area contributed by atoms with Crippen LogP contribution in [0.1, 0.15) is 43.1 Å². The zero-order valence-electron chi connectivity index (χ0n) is 19.8. The molecule has 0 aliphatic rings. The average molecular weight is 493 g/mol. The smallest absolute Gasteiger partial charge is 0.196 e. The zero-order chi connectivity index (χ0) is 25.7. The van der Waals surface area contributed by atoms with Crippen LogP contribution in [0.3, 0.4) is 0 Å². The zero-order valence-corrected chi connectivity index (χ0v) is 19.8. The first kappa shape index (κ1) is 24.8. The molecule has 6 nitrogen and oxygen atoms in total. The summed E-state index contributed by atoms with van der Waals surface area (Å²) < 4.78 is 55.5. The summed E-state index contributed by atoms with van der Waals surface area (Å²) in [6, 6.07) is 11.3. The lowest BCUT2D eigenvalue weighted by molar-refractivity contribution is 0.285. The van der Waals surface area contributed by atoms with Crippen molar-refractivity contribution in [1.29, 1.82) is 5.26 Å². The van der Waals surface area contributed by atoms with E-state index in [0.717, 1.165) is 25.3 Å². The minimum absolute atomic E-state index is 0.00932. The molecule has 184 valence electrons. The Morgan fingerprint density at radius 1 is 1.08 bits per heavy atom. The van der Waals surface area contributed by atoms with Crippen molar-refractivity contribution in [3.05, 3.63) is 77.0 Å². The first-order valence-corrected chi connectivity index (χ1v) is 11.4. The van der Waals surface area contributed by atoms with Gasteiger partial charge in [-0.2, -0.15) is 5.26 Å². The van der Waals surface area contributed by atoms with Crippen LogP contribution in [0.4, 0.5) is 13.2 Å². The molecule has 4 aromatic rings. The number of unbranched alkanes of at least 4 members (excludes halogenated alkanes) is 2. The van der Waals surface area contributed by atoms with Crippen LogP contribution in [0.2, 0.25) is 0 Å². The molecule has 0 atom stereocenters. The maximum atomic E-state index is 14.6. The molecule has 0 aliphatic heterocycles. The fourth-order valence-electron chi connectivity index (χ4n) is 3.74. The fraction of sp³-hybridized carbons (Fsp3) is 0.222. The average Bonchev–Trinajstić information content (AvgIpc) is 3.27. The van der Waals surface area contributed by atoms with E-state index in [1.807, 2.05) is 12.1 Å². The van der Waals surface area contributed by atoms with Gasteiger partial charge in [-0.05, 0) is 36.8 Å². The molecule has 0 amide bonds. The summed E-state index contributed by atoms with van der Waals surface area (Å²) >= 11 is 0. The van der Waals surface area contributed by atoms with Gasteiger partial charge in [-0.15, -0.1) is 0 Å². The molecule has 0 aliphatic carbocycles. The molecule has 0 fully saturated rings. The number of aromatic nitrogens is 3. The predicted octanol–water partition coefficient (Wildman–Crippen LogP) is 6.46. The molecule has 36 heavy (non-hydrogen) atoms. The quantitative estimate of drug-likeness (QED) is 0.198. The van der Waals surface area contributed by atoms with Crippen molar-refractivity contribution in [2.75, 3.05) is 13.7 Å². The molecule has 0 spiro atoms. The van der Waals surface area contributed by atoms with E-state index in [4.69, 9.17) is 14.7 Å². The molecule has 2 aromatic heterocycles. The first-order chi connectivity index (χ1) is 17.5. The maximum Gasteiger partial charge on any atom is 0.196 e. The third-order valence-electron chi connectivity index (χ3n) is 5.55. The highest BCUT2D eigenvalue weighted by Crippen LogP contribution is 2.33. The first-order valence-electron chi connectivity index (χ1n) is 11.4. The van der Waals surface area contributed by atoms with Crippen LogP contribution < -0.4 is 9.47 Å². The molecule has 0 saturated carbocycles. The molecule has 9 heteroatoms. The molecule has 2 aromatic carbocycles. The van der Waals surface area contributed by atoms with Gasteiger partial charge in [0.1, 0.15) is 23.2 Å². The van der Waals surface area contributed by atoms with Crippen LogP contribution in [0.5, 0.6) is 11.5 Å².